The van der Waals surface area contributed by atoms with Gasteiger partial charge in [0.05, 0.1) is 0 Å². The van der Waals surface area contributed by atoms with Gasteiger partial charge in [-0.25, -0.2) is 0 Å². The lowest BCUT2D eigenvalue weighted by atomic mass is 9.91. The molecule has 1 rings (SSSR count). The fourth-order valence-electron chi connectivity index (χ4n) is 1.03. The van der Waals surface area contributed by atoms with Crippen LogP contribution in [0.5, 0.6) is 0 Å². The van der Waals surface area contributed by atoms with Crippen molar-refractivity contribution in [3.8, 4) is 0 Å². The van der Waals surface area contributed by atoms with E-state index in [0.717, 1.165) is 17.0 Å². The molecule has 2 N–H and O–H groups in total. The summed E-state index contributed by atoms with van der Waals surface area (Å²) in [5, 5.41) is 0.755. The predicted molar refractivity (Wildman–Crippen MR) is 53.3 cm³/mol. The summed E-state index contributed by atoms with van der Waals surface area (Å²) in [4.78, 5) is 0. The molecule has 1 aromatic rings. The van der Waals surface area contributed by atoms with Crippen molar-refractivity contribution in [1.82, 2.24) is 0 Å². The molecule has 1 atom stereocenters. The maximum Gasteiger partial charge on any atom is 0.0406 e. The molecule has 1 nitrogen and oxygen atoms in total. The molecule has 0 aliphatic rings. The first-order chi connectivity index (χ1) is 5.56. The number of rotatable bonds is 2. The van der Waals surface area contributed by atoms with Crippen LogP contribution in [0.2, 0.25) is 5.02 Å². The molecule has 12 heavy (non-hydrogen) atoms. The zero-order chi connectivity index (χ0) is 9.19. The Morgan fingerprint density at radius 3 is 2.25 bits per heavy atom. The minimum absolute atomic E-state index is 0.232. The second-order valence-corrected chi connectivity index (χ2v) is 3.71. The van der Waals surface area contributed by atoms with Gasteiger partial charge in [0.15, 0.2) is 0 Å². The number of nitrogens with two attached hydrogens (primary N) is 1. The molecule has 0 radical (unpaired) electrons. The van der Waals surface area contributed by atoms with Crippen molar-refractivity contribution in [2.75, 3.05) is 0 Å². The Balaban J connectivity index is 2.96. The van der Waals surface area contributed by atoms with Gasteiger partial charge in [-0.2, -0.15) is 0 Å². The number of hydrogen-bond acceptors (Lipinski definition) is 1. The average Bonchev–Trinajstić information content (AvgIpc) is 2.05. The first kappa shape index (κ1) is 9.56. The van der Waals surface area contributed by atoms with E-state index in [4.69, 9.17) is 17.3 Å². The highest BCUT2D eigenvalue weighted by Crippen LogP contribution is 2.22. The largest absolute Gasteiger partial charge is 0.322 e. The van der Waals surface area contributed by atoms with Gasteiger partial charge in [0, 0.05) is 10.6 Å². The van der Waals surface area contributed by atoms with Crippen molar-refractivity contribution >= 4 is 11.6 Å². The molecule has 0 saturated heterocycles. The molecule has 0 heterocycles. The third kappa shape index (κ3) is 1.99. The Kier molecular flexibility index (Phi) is 2.76. The Morgan fingerprint density at radius 1 is 1.33 bits per heavy atom. The van der Waals surface area contributed by atoms with Crippen LogP contribution in [0.3, 0.4) is 0 Å². The molecule has 2 heteroatoms. The summed E-state index contributed by atoms with van der Waals surface area (Å²) in [5.41, 5.74) is 6.95. The highest BCUT2D eigenvalue weighted by molar-refractivity contribution is 6.30. The molecule has 0 saturated carbocycles. The SMILES string of the molecule is CCC(C)(N)c1ccc(Cl)cc1. The van der Waals surface area contributed by atoms with Crippen molar-refractivity contribution in [1.29, 1.82) is 0 Å². The Hall–Kier alpha value is -0.530. The molecule has 1 unspecified atom stereocenters. The van der Waals surface area contributed by atoms with E-state index in [0.29, 0.717) is 0 Å². The van der Waals surface area contributed by atoms with Gasteiger partial charge in [-0.1, -0.05) is 30.7 Å². The summed E-state index contributed by atoms with van der Waals surface area (Å²) in [5.74, 6) is 0. The molecule has 66 valence electrons. The van der Waals surface area contributed by atoms with Crippen LogP contribution in [0.1, 0.15) is 25.8 Å². The molecular formula is C10H14ClN. The van der Waals surface area contributed by atoms with Crippen LogP contribution < -0.4 is 5.73 Å². The lowest BCUT2D eigenvalue weighted by molar-refractivity contribution is 0.476. The minimum atomic E-state index is -0.232. The van der Waals surface area contributed by atoms with Crippen LogP contribution in [-0.2, 0) is 5.54 Å². The third-order valence-electron chi connectivity index (χ3n) is 2.24. The summed E-state index contributed by atoms with van der Waals surface area (Å²) < 4.78 is 0. The smallest absolute Gasteiger partial charge is 0.0406 e. The Labute approximate surface area is 78.5 Å². The summed E-state index contributed by atoms with van der Waals surface area (Å²) in [7, 11) is 0. The maximum absolute atomic E-state index is 6.04. The second-order valence-electron chi connectivity index (χ2n) is 3.28. The summed E-state index contributed by atoms with van der Waals surface area (Å²) in [6.45, 7) is 4.10. The second kappa shape index (κ2) is 3.46. The van der Waals surface area contributed by atoms with E-state index in [1.807, 2.05) is 31.2 Å². The van der Waals surface area contributed by atoms with E-state index in [1.54, 1.807) is 0 Å². The molecule has 0 spiro atoms. The minimum Gasteiger partial charge on any atom is -0.322 e. The first-order valence-corrected chi connectivity index (χ1v) is 4.49. The van der Waals surface area contributed by atoms with Gasteiger partial charge < -0.3 is 5.73 Å². The van der Waals surface area contributed by atoms with Gasteiger partial charge in [-0.15, -0.1) is 0 Å². The van der Waals surface area contributed by atoms with Crippen LogP contribution in [0.25, 0.3) is 0 Å². The average molecular weight is 184 g/mol. The summed E-state index contributed by atoms with van der Waals surface area (Å²) in [6, 6.07) is 7.70. The monoisotopic (exact) mass is 183 g/mol. The van der Waals surface area contributed by atoms with Gasteiger partial charge in [0.2, 0.25) is 0 Å². The van der Waals surface area contributed by atoms with Crippen molar-refractivity contribution in [2.45, 2.75) is 25.8 Å². The van der Waals surface area contributed by atoms with Crippen molar-refractivity contribution in [2.24, 2.45) is 5.73 Å². The Bertz CT molecular complexity index is 251. The normalized spacial score (nSPS) is 15.7. The standard InChI is InChI=1S/C10H14ClN/c1-3-10(2,12)8-4-6-9(11)7-5-8/h4-7H,3,12H2,1-2H3. The first-order valence-electron chi connectivity index (χ1n) is 4.11. The lowest BCUT2D eigenvalue weighted by Crippen LogP contribution is -2.31. The topological polar surface area (TPSA) is 26.0 Å². The van der Waals surface area contributed by atoms with E-state index in [2.05, 4.69) is 6.92 Å². The van der Waals surface area contributed by atoms with E-state index in [1.165, 1.54) is 0 Å². The molecule has 0 aliphatic heterocycles. The number of hydrogen-bond donors (Lipinski definition) is 1. The van der Waals surface area contributed by atoms with E-state index < -0.39 is 0 Å². The molecular weight excluding hydrogens is 170 g/mol. The van der Waals surface area contributed by atoms with Gasteiger partial charge in [-0.05, 0) is 31.0 Å². The van der Waals surface area contributed by atoms with Crippen molar-refractivity contribution < 1.29 is 0 Å². The Morgan fingerprint density at radius 2 is 1.83 bits per heavy atom. The van der Waals surface area contributed by atoms with Crippen LogP contribution in [0.15, 0.2) is 24.3 Å². The van der Waals surface area contributed by atoms with Crippen LogP contribution in [-0.4, -0.2) is 0 Å². The molecule has 0 fully saturated rings. The predicted octanol–water partition coefficient (Wildman–Crippen LogP) is 2.92. The van der Waals surface area contributed by atoms with Crippen LogP contribution >= 0.6 is 11.6 Å². The third-order valence-corrected chi connectivity index (χ3v) is 2.49. The fraction of sp³-hybridized carbons (Fsp3) is 0.400. The summed E-state index contributed by atoms with van der Waals surface area (Å²) >= 11 is 5.76. The molecule has 0 aromatic heterocycles. The van der Waals surface area contributed by atoms with E-state index in [9.17, 15) is 0 Å². The fourth-order valence-corrected chi connectivity index (χ4v) is 1.16. The highest BCUT2D eigenvalue weighted by Gasteiger charge is 2.17. The van der Waals surface area contributed by atoms with Crippen LogP contribution in [0, 0.1) is 0 Å². The molecule has 0 amide bonds. The van der Waals surface area contributed by atoms with E-state index in [-0.39, 0.29) is 5.54 Å². The van der Waals surface area contributed by atoms with Gasteiger partial charge in [0.1, 0.15) is 0 Å². The number of halogens is 1. The maximum atomic E-state index is 6.04. The zero-order valence-electron chi connectivity index (χ0n) is 7.47. The molecule has 0 bridgehead atoms. The highest BCUT2D eigenvalue weighted by atomic mass is 35.5. The van der Waals surface area contributed by atoms with Gasteiger partial charge >= 0.3 is 0 Å². The quantitative estimate of drug-likeness (QED) is 0.750. The zero-order valence-corrected chi connectivity index (χ0v) is 8.23. The lowest BCUT2D eigenvalue weighted by Gasteiger charge is -2.23. The molecule has 1 aromatic carbocycles. The van der Waals surface area contributed by atoms with Crippen molar-refractivity contribution in [3.63, 3.8) is 0 Å². The van der Waals surface area contributed by atoms with Gasteiger partial charge in [-0.3, -0.25) is 0 Å². The van der Waals surface area contributed by atoms with Crippen LogP contribution in [0.4, 0.5) is 0 Å². The summed E-state index contributed by atoms with van der Waals surface area (Å²) in [6.07, 6.45) is 0.925. The van der Waals surface area contributed by atoms with Crippen molar-refractivity contribution in [3.05, 3.63) is 34.9 Å². The van der Waals surface area contributed by atoms with E-state index >= 15 is 0 Å². The van der Waals surface area contributed by atoms with Gasteiger partial charge in [0.25, 0.3) is 0 Å². The number of benzene rings is 1. The molecule has 0 aliphatic carbocycles.